The Hall–Kier alpha value is 0.427. The summed E-state index contributed by atoms with van der Waals surface area (Å²) < 4.78 is 59.6. The quantitative estimate of drug-likeness (QED) is 0.564. The fraction of sp³-hybridized carbons (Fsp3) is 0.714. The molecule has 0 radical (unpaired) electrons. The summed E-state index contributed by atoms with van der Waals surface area (Å²) in [6.07, 6.45) is 0. The predicted molar refractivity (Wildman–Crippen MR) is 65.3 cm³/mol. The second-order valence-electron chi connectivity index (χ2n) is 4.09. The number of rotatable bonds is 3. The van der Waals surface area contributed by atoms with E-state index in [2.05, 4.69) is 0 Å². The Morgan fingerprint density at radius 1 is 1.33 bits per heavy atom. The third kappa shape index (κ3) is 4.43. The first kappa shape index (κ1) is 15.4. The van der Waals surface area contributed by atoms with E-state index in [1.807, 2.05) is 19.6 Å². The minimum absolute atomic E-state index is 0.389. The standard InChI is InChI=1S/C7H12F3IO2SSi/c1-15(2,3)6(4-11)5-14(12,13)7(8,9)10/h4H,5H2,1-3H3/b6-4+. The average molecular weight is 372 g/mol. The lowest BCUT2D eigenvalue weighted by Gasteiger charge is -2.20. The maximum Gasteiger partial charge on any atom is 0.497 e. The second-order valence-corrected chi connectivity index (χ2v) is 11.8. The Morgan fingerprint density at radius 3 is 1.93 bits per heavy atom. The van der Waals surface area contributed by atoms with E-state index in [9.17, 15) is 21.6 Å². The number of hydrogen-bond donors (Lipinski definition) is 0. The average Bonchev–Trinajstić information content (AvgIpc) is 1.95. The lowest BCUT2D eigenvalue weighted by atomic mass is 10.7. The first-order valence-electron chi connectivity index (χ1n) is 4.00. The lowest BCUT2D eigenvalue weighted by molar-refractivity contribution is -0.0433. The van der Waals surface area contributed by atoms with Crippen molar-refractivity contribution in [2.75, 3.05) is 5.75 Å². The van der Waals surface area contributed by atoms with Gasteiger partial charge in [0.2, 0.25) is 0 Å². The molecular weight excluding hydrogens is 360 g/mol. The van der Waals surface area contributed by atoms with Crippen LogP contribution in [0, 0.1) is 0 Å². The van der Waals surface area contributed by atoms with Gasteiger partial charge in [0.05, 0.1) is 13.8 Å². The van der Waals surface area contributed by atoms with E-state index in [4.69, 9.17) is 0 Å². The number of sulfone groups is 1. The molecule has 0 bridgehead atoms. The van der Waals surface area contributed by atoms with Crippen molar-refractivity contribution >= 4 is 40.5 Å². The molecular formula is C7H12F3IO2SSi. The predicted octanol–water partition coefficient (Wildman–Crippen LogP) is 3.12. The smallest absolute Gasteiger partial charge is 0.219 e. The summed E-state index contributed by atoms with van der Waals surface area (Å²) >= 11 is 1.78. The van der Waals surface area contributed by atoms with Gasteiger partial charge in [-0.1, -0.05) is 47.4 Å². The molecule has 0 aliphatic heterocycles. The molecule has 0 aromatic carbocycles. The summed E-state index contributed by atoms with van der Waals surface area (Å²) in [5.41, 5.74) is -5.16. The van der Waals surface area contributed by atoms with Crippen LogP contribution < -0.4 is 0 Å². The molecule has 2 nitrogen and oxygen atoms in total. The van der Waals surface area contributed by atoms with Gasteiger partial charge in [-0.05, 0) is 4.08 Å². The SMILES string of the molecule is C[Si](C)(C)/C(=C/I)CS(=O)(=O)C(F)(F)F. The van der Waals surface area contributed by atoms with Crippen molar-refractivity contribution in [1.29, 1.82) is 0 Å². The van der Waals surface area contributed by atoms with Gasteiger partial charge >= 0.3 is 5.51 Å². The molecule has 0 atom stereocenters. The fourth-order valence-electron chi connectivity index (χ4n) is 0.698. The van der Waals surface area contributed by atoms with Crippen LogP contribution in [0.3, 0.4) is 0 Å². The zero-order valence-corrected chi connectivity index (χ0v) is 12.5. The Bertz CT molecular complexity index is 353. The van der Waals surface area contributed by atoms with Crippen molar-refractivity contribution in [2.45, 2.75) is 25.1 Å². The van der Waals surface area contributed by atoms with Crippen LogP contribution in [-0.4, -0.2) is 27.8 Å². The molecule has 8 heteroatoms. The highest BCUT2D eigenvalue weighted by atomic mass is 127. The highest BCUT2D eigenvalue weighted by Gasteiger charge is 2.46. The van der Waals surface area contributed by atoms with Gasteiger partial charge in [0.15, 0.2) is 0 Å². The molecule has 0 fully saturated rings. The maximum absolute atomic E-state index is 12.1. The van der Waals surface area contributed by atoms with E-state index in [1.165, 1.54) is 4.08 Å². The minimum Gasteiger partial charge on any atom is -0.219 e. The van der Waals surface area contributed by atoms with E-state index in [1.54, 1.807) is 22.6 Å². The molecule has 0 amide bonds. The van der Waals surface area contributed by atoms with Gasteiger partial charge in [-0.25, -0.2) is 8.42 Å². The lowest BCUT2D eigenvalue weighted by Crippen LogP contribution is -2.34. The van der Waals surface area contributed by atoms with Gasteiger partial charge in [-0.3, -0.25) is 0 Å². The van der Waals surface area contributed by atoms with Crippen LogP contribution in [0.15, 0.2) is 9.28 Å². The van der Waals surface area contributed by atoms with E-state index in [0.717, 1.165) is 0 Å². The van der Waals surface area contributed by atoms with Crippen molar-refractivity contribution in [2.24, 2.45) is 0 Å². The molecule has 0 aliphatic rings. The monoisotopic (exact) mass is 372 g/mol. The van der Waals surface area contributed by atoms with Crippen molar-refractivity contribution in [3.63, 3.8) is 0 Å². The molecule has 0 saturated heterocycles. The summed E-state index contributed by atoms with van der Waals surface area (Å²) in [7, 11) is -7.03. The molecule has 0 saturated carbocycles. The van der Waals surface area contributed by atoms with Crippen LogP contribution in [0.4, 0.5) is 13.2 Å². The minimum atomic E-state index is -5.16. The van der Waals surface area contributed by atoms with E-state index in [-0.39, 0.29) is 0 Å². The first-order chi connectivity index (χ1) is 6.42. The van der Waals surface area contributed by atoms with Crippen molar-refractivity contribution in [1.82, 2.24) is 0 Å². The molecule has 0 rings (SSSR count). The highest BCUT2D eigenvalue weighted by molar-refractivity contribution is 14.1. The topological polar surface area (TPSA) is 34.1 Å². The second kappa shape index (κ2) is 4.74. The van der Waals surface area contributed by atoms with Gasteiger partial charge in [-0.2, -0.15) is 13.2 Å². The summed E-state index contributed by atoms with van der Waals surface area (Å²) in [4.78, 5) is 0. The molecule has 0 aromatic heterocycles. The van der Waals surface area contributed by atoms with Gasteiger partial charge < -0.3 is 0 Å². The summed E-state index contributed by atoms with van der Waals surface area (Å²) in [6.45, 7) is 5.43. The van der Waals surface area contributed by atoms with Gasteiger partial charge in [-0.15, -0.1) is 0 Å². The molecule has 0 heterocycles. The molecule has 15 heavy (non-hydrogen) atoms. The Morgan fingerprint density at radius 2 is 1.73 bits per heavy atom. The normalized spacial score (nSPS) is 15.5. The van der Waals surface area contributed by atoms with Crippen LogP contribution in [0.1, 0.15) is 0 Å². The molecule has 0 unspecified atom stereocenters. The Kier molecular flexibility index (Phi) is 4.87. The zero-order chi connectivity index (χ0) is 12.5. The van der Waals surface area contributed by atoms with E-state index < -0.39 is 29.2 Å². The van der Waals surface area contributed by atoms with Crippen molar-refractivity contribution in [3.8, 4) is 0 Å². The van der Waals surface area contributed by atoms with Crippen LogP contribution in [0.25, 0.3) is 0 Å². The molecule has 90 valence electrons. The van der Waals surface area contributed by atoms with Crippen LogP contribution >= 0.6 is 22.6 Å². The van der Waals surface area contributed by atoms with E-state index >= 15 is 0 Å². The molecule has 0 aromatic rings. The highest BCUT2D eigenvalue weighted by Crippen LogP contribution is 2.28. The van der Waals surface area contributed by atoms with E-state index in [0.29, 0.717) is 5.20 Å². The maximum atomic E-state index is 12.1. The van der Waals surface area contributed by atoms with Crippen molar-refractivity contribution in [3.05, 3.63) is 9.28 Å². The van der Waals surface area contributed by atoms with Crippen molar-refractivity contribution < 1.29 is 21.6 Å². The molecule has 0 aliphatic carbocycles. The summed E-state index contributed by atoms with van der Waals surface area (Å²) in [5.74, 6) is -0.908. The number of halogens is 4. The largest absolute Gasteiger partial charge is 0.497 e. The van der Waals surface area contributed by atoms with Crippen LogP contribution in [-0.2, 0) is 9.84 Å². The molecule has 0 spiro atoms. The van der Waals surface area contributed by atoms with Crippen LogP contribution in [0.2, 0.25) is 19.6 Å². The molecule has 0 N–H and O–H groups in total. The van der Waals surface area contributed by atoms with Gasteiger partial charge in [0.1, 0.15) is 0 Å². The summed E-state index contributed by atoms with van der Waals surface area (Å²) in [6, 6.07) is 0. The third-order valence-electron chi connectivity index (χ3n) is 1.79. The Labute approximate surface area is 102 Å². The summed E-state index contributed by atoms with van der Waals surface area (Å²) in [5, 5.41) is 0.389. The van der Waals surface area contributed by atoms with Gasteiger partial charge in [0.25, 0.3) is 9.84 Å². The zero-order valence-electron chi connectivity index (χ0n) is 8.52. The number of hydrogen-bond acceptors (Lipinski definition) is 2. The van der Waals surface area contributed by atoms with Gasteiger partial charge in [0, 0.05) is 0 Å². The third-order valence-corrected chi connectivity index (χ3v) is 7.03. The fourth-order valence-corrected chi connectivity index (χ4v) is 7.31. The van der Waals surface area contributed by atoms with Crippen LogP contribution in [0.5, 0.6) is 0 Å². The Balaban J connectivity index is 5.07. The first-order valence-corrected chi connectivity index (χ1v) is 10.4. The number of alkyl halides is 3.